The number of hydrogen-bond acceptors (Lipinski definition) is 4. The number of rotatable bonds is 8. The molecule has 180 valence electrons. The van der Waals surface area contributed by atoms with Crippen LogP contribution in [-0.4, -0.2) is 12.5 Å². The van der Waals surface area contributed by atoms with Gasteiger partial charge in [-0.25, -0.2) is 4.39 Å². The first-order valence-electron chi connectivity index (χ1n) is 11.2. The van der Waals surface area contributed by atoms with Crippen LogP contribution < -0.4 is 14.8 Å². The summed E-state index contributed by atoms with van der Waals surface area (Å²) in [6.45, 7) is 2.45. The van der Waals surface area contributed by atoms with Gasteiger partial charge in [-0.1, -0.05) is 66.2 Å². The van der Waals surface area contributed by atoms with Crippen LogP contribution in [0.5, 0.6) is 11.5 Å². The standard InChI is InChI=1S/C29H22ClFN2O3/c1-2-35-27-16-19(14-22(17-32)29(34)33-26-13-6-5-12-25(26)31)15-24(30)28(27)36-18-21-10-7-9-20-8-3-4-11-23(20)21/h3-16H,2,18H2,1H3,(H,33,34)/b22-14-. The van der Waals surface area contributed by atoms with Gasteiger partial charge >= 0.3 is 0 Å². The first-order valence-corrected chi connectivity index (χ1v) is 11.6. The van der Waals surface area contributed by atoms with E-state index in [0.717, 1.165) is 16.3 Å². The normalized spacial score (nSPS) is 11.1. The monoisotopic (exact) mass is 500 g/mol. The summed E-state index contributed by atoms with van der Waals surface area (Å²) in [6.07, 6.45) is 1.36. The van der Waals surface area contributed by atoms with Crippen LogP contribution in [0.4, 0.5) is 10.1 Å². The van der Waals surface area contributed by atoms with Gasteiger partial charge in [0.25, 0.3) is 5.91 Å². The molecule has 0 fully saturated rings. The Morgan fingerprint density at radius 1 is 1.06 bits per heavy atom. The van der Waals surface area contributed by atoms with Gasteiger partial charge in [-0.3, -0.25) is 4.79 Å². The molecule has 0 aliphatic carbocycles. The van der Waals surface area contributed by atoms with Gasteiger partial charge in [0.05, 0.1) is 17.3 Å². The predicted molar refractivity (Wildman–Crippen MR) is 140 cm³/mol. The Labute approximate surface area is 213 Å². The van der Waals surface area contributed by atoms with Crippen molar-refractivity contribution in [3.63, 3.8) is 0 Å². The van der Waals surface area contributed by atoms with E-state index in [1.165, 1.54) is 24.3 Å². The maximum Gasteiger partial charge on any atom is 0.266 e. The quantitative estimate of drug-likeness (QED) is 0.206. The highest BCUT2D eigenvalue weighted by Crippen LogP contribution is 2.38. The van der Waals surface area contributed by atoms with Crippen molar-refractivity contribution in [3.8, 4) is 17.6 Å². The molecule has 4 aromatic carbocycles. The zero-order valence-electron chi connectivity index (χ0n) is 19.4. The number of hydrogen-bond donors (Lipinski definition) is 1. The lowest BCUT2D eigenvalue weighted by Gasteiger charge is -2.15. The summed E-state index contributed by atoms with van der Waals surface area (Å²) in [5.74, 6) is -0.605. The molecule has 0 spiro atoms. The largest absolute Gasteiger partial charge is 0.490 e. The van der Waals surface area contributed by atoms with Crippen LogP contribution in [0, 0.1) is 17.1 Å². The van der Waals surface area contributed by atoms with Crippen LogP contribution in [0.15, 0.2) is 84.4 Å². The third-order valence-corrected chi connectivity index (χ3v) is 5.66. The number of anilines is 1. The molecular formula is C29H22ClFN2O3. The van der Waals surface area contributed by atoms with Gasteiger partial charge in [-0.15, -0.1) is 0 Å². The van der Waals surface area contributed by atoms with E-state index in [-0.39, 0.29) is 22.9 Å². The summed E-state index contributed by atoms with van der Waals surface area (Å²) in [7, 11) is 0. The number of para-hydroxylation sites is 1. The maximum absolute atomic E-state index is 13.9. The minimum absolute atomic E-state index is 0.0196. The molecule has 0 heterocycles. The predicted octanol–water partition coefficient (Wildman–Crippen LogP) is 7.16. The van der Waals surface area contributed by atoms with Crippen molar-refractivity contribution in [3.05, 3.63) is 106 Å². The second kappa shape index (κ2) is 11.4. The minimum Gasteiger partial charge on any atom is -0.490 e. The van der Waals surface area contributed by atoms with Crippen molar-refractivity contribution in [1.29, 1.82) is 5.26 Å². The summed E-state index contributed by atoms with van der Waals surface area (Å²) in [5, 5.41) is 14.4. The Bertz CT molecular complexity index is 1490. The van der Waals surface area contributed by atoms with Crippen molar-refractivity contribution in [2.45, 2.75) is 13.5 Å². The van der Waals surface area contributed by atoms with Gasteiger partial charge in [0.1, 0.15) is 24.1 Å². The Kier molecular flexibility index (Phi) is 7.84. The van der Waals surface area contributed by atoms with E-state index in [0.29, 0.717) is 23.7 Å². The SMILES string of the molecule is CCOc1cc(/C=C(/C#N)C(=O)Nc2ccccc2F)cc(Cl)c1OCc1cccc2ccccc12. The first kappa shape index (κ1) is 24.8. The number of carbonyl (C=O) groups is 1. The van der Waals surface area contributed by atoms with E-state index in [9.17, 15) is 14.4 Å². The highest BCUT2D eigenvalue weighted by molar-refractivity contribution is 6.32. The van der Waals surface area contributed by atoms with Crippen LogP contribution in [0.1, 0.15) is 18.1 Å². The van der Waals surface area contributed by atoms with E-state index in [1.54, 1.807) is 18.2 Å². The van der Waals surface area contributed by atoms with E-state index in [2.05, 4.69) is 5.32 Å². The van der Waals surface area contributed by atoms with Gasteiger partial charge < -0.3 is 14.8 Å². The van der Waals surface area contributed by atoms with E-state index < -0.39 is 11.7 Å². The molecule has 0 saturated heterocycles. The molecule has 0 unspecified atom stereocenters. The summed E-state index contributed by atoms with van der Waals surface area (Å²) in [6, 6.07) is 24.8. The fourth-order valence-electron chi connectivity index (χ4n) is 3.71. The summed E-state index contributed by atoms with van der Waals surface area (Å²) in [5.41, 5.74) is 1.21. The molecule has 0 aliphatic rings. The molecule has 0 aliphatic heterocycles. The highest BCUT2D eigenvalue weighted by atomic mass is 35.5. The number of ether oxygens (including phenoxy) is 2. The van der Waals surface area contributed by atoms with Gasteiger partial charge in [0.2, 0.25) is 0 Å². The van der Waals surface area contributed by atoms with Crippen LogP contribution >= 0.6 is 11.6 Å². The Morgan fingerprint density at radius 2 is 1.81 bits per heavy atom. The maximum atomic E-state index is 13.9. The Hall–Kier alpha value is -4.34. The zero-order chi connectivity index (χ0) is 25.5. The lowest BCUT2D eigenvalue weighted by Crippen LogP contribution is -2.14. The summed E-state index contributed by atoms with van der Waals surface area (Å²) < 4.78 is 25.7. The molecule has 36 heavy (non-hydrogen) atoms. The number of benzene rings is 4. The average molecular weight is 501 g/mol. The zero-order valence-corrected chi connectivity index (χ0v) is 20.2. The van der Waals surface area contributed by atoms with Crippen LogP contribution in [-0.2, 0) is 11.4 Å². The fraction of sp³-hybridized carbons (Fsp3) is 0.103. The molecule has 5 nitrogen and oxygen atoms in total. The minimum atomic E-state index is -0.743. The molecule has 1 amide bonds. The molecule has 7 heteroatoms. The molecule has 0 atom stereocenters. The van der Waals surface area contributed by atoms with Crippen molar-refractivity contribution in [2.24, 2.45) is 0 Å². The van der Waals surface area contributed by atoms with Crippen molar-refractivity contribution in [1.82, 2.24) is 0 Å². The van der Waals surface area contributed by atoms with Gasteiger partial charge in [-0.05, 0) is 59.2 Å². The third-order valence-electron chi connectivity index (χ3n) is 5.38. The van der Waals surface area contributed by atoms with Crippen LogP contribution in [0.3, 0.4) is 0 Å². The number of nitrogens with one attached hydrogen (secondary N) is 1. The van der Waals surface area contributed by atoms with E-state index in [4.69, 9.17) is 21.1 Å². The number of carbonyl (C=O) groups excluding carboxylic acids is 1. The van der Waals surface area contributed by atoms with Crippen molar-refractivity contribution >= 4 is 40.0 Å². The molecule has 0 aromatic heterocycles. The second-order valence-electron chi connectivity index (χ2n) is 7.79. The van der Waals surface area contributed by atoms with Crippen LogP contribution in [0.2, 0.25) is 5.02 Å². The number of nitrogens with zero attached hydrogens (tertiary/aromatic N) is 1. The third kappa shape index (κ3) is 5.65. The molecule has 0 radical (unpaired) electrons. The summed E-state index contributed by atoms with van der Waals surface area (Å²) in [4.78, 5) is 12.6. The average Bonchev–Trinajstić information content (AvgIpc) is 2.88. The number of amides is 1. The van der Waals surface area contributed by atoms with E-state index >= 15 is 0 Å². The lowest BCUT2D eigenvalue weighted by molar-refractivity contribution is -0.112. The van der Waals surface area contributed by atoms with Crippen molar-refractivity contribution < 1.29 is 18.7 Å². The second-order valence-corrected chi connectivity index (χ2v) is 8.20. The molecular weight excluding hydrogens is 479 g/mol. The van der Waals surface area contributed by atoms with Crippen molar-refractivity contribution in [2.75, 3.05) is 11.9 Å². The molecule has 0 saturated carbocycles. The van der Waals surface area contributed by atoms with Gasteiger partial charge in [-0.2, -0.15) is 5.26 Å². The van der Waals surface area contributed by atoms with Gasteiger partial charge in [0.15, 0.2) is 11.5 Å². The molecule has 0 bridgehead atoms. The topological polar surface area (TPSA) is 71.3 Å². The Balaban J connectivity index is 1.60. The van der Waals surface area contributed by atoms with Crippen LogP contribution in [0.25, 0.3) is 16.8 Å². The molecule has 4 rings (SSSR count). The fourth-order valence-corrected chi connectivity index (χ4v) is 3.98. The van der Waals surface area contributed by atoms with Gasteiger partial charge in [0, 0.05) is 0 Å². The number of halogens is 2. The lowest BCUT2D eigenvalue weighted by atomic mass is 10.1. The first-order chi connectivity index (χ1) is 17.5. The Morgan fingerprint density at radius 3 is 2.58 bits per heavy atom. The molecule has 1 N–H and O–H groups in total. The smallest absolute Gasteiger partial charge is 0.266 e. The summed E-state index contributed by atoms with van der Waals surface area (Å²) >= 11 is 6.54. The highest BCUT2D eigenvalue weighted by Gasteiger charge is 2.16. The number of fused-ring (bicyclic) bond motifs is 1. The molecule has 4 aromatic rings. The number of nitriles is 1. The van der Waals surface area contributed by atoms with E-state index in [1.807, 2.05) is 55.5 Å².